The number of anilines is 2. The van der Waals surface area contributed by atoms with Crippen LogP contribution in [0.4, 0.5) is 11.4 Å². The average Bonchev–Trinajstić information content (AvgIpc) is 3.30. The van der Waals surface area contributed by atoms with Gasteiger partial charge in [0.2, 0.25) is 0 Å². The molecule has 2 N–H and O–H groups in total. The van der Waals surface area contributed by atoms with Crippen molar-refractivity contribution in [3.05, 3.63) is 53.9 Å². The Hall–Kier alpha value is -2.89. The SMILES string of the molecule is O=C(Nc1ccc(N2CCCC2)cc1)c1ccnc(C(=O)NC2CCCCC2)c1. The van der Waals surface area contributed by atoms with E-state index in [1.165, 1.54) is 31.1 Å². The first-order valence-electron chi connectivity index (χ1n) is 10.6. The smallest absolute Gasteiger partial charge is 0.270 e. The Kier molecular flexibility index (Phi) is 6.08. The third-order valence-corrected chi connectivity index (χ3v) is 5.79. The van der Waals surface area contributed by atoms with E-state index in [-0.39, 0.29) is 23.6 Å². The van der Waals surface area contributed by atoms with E-state index in [1.54, 1.807) is 12.1 Å². The van der Waals surface area contributed by atoms with Crippen molar-refractivity contribution in [3.8, 4) is 0 Å². The second-order valence-electron chi connectivity index (χ2n) is 7.93. The van der Waals surface area contributed by atoms with Gasteiger partial charge < -0.3 is 15.5 Å². The van der Waals surface area contributed by atoms with Crippen LogP contribution in [0.5, 0.6) is 0 Å². The van der Waals surface area contributed by atoms with Gasteiger partial charge in [0, 0.05) is 42.3 Å². The van der Waals surface area contributed by atoms with Crippen LogP contribution in [0.1, 0.15) is 65.8 Å². The molecule has 1 saturated heterocycles. The number of rotatable bonds is 5. The minimum Gasteiger partial charge on any atom is -0.372 e. The Morgan fingerprint density at radius 3 is 2.34 bits per heavy atom. The molecule has 1 saturated carbocycles. The Labute approximate surface area is 171 Å². The van der Waals surface area contributed by atoms with Gasteiger partial charge in [0.05, 0.1) is 0 Å². The van der Waals surface area contributed by atoms with Crippen LogP contribution in [0.2, 0.25) is 0 Å². The topological polar surface area (TPSA) is 74.3 Å². The van der Waals surface area contributed by atoms with E-state index >= 15 is 0 Å². The Balaban J connectivity index is 1.38. The first-order valence-corrected chi connectivity index (χ1v) is 10.6. The highest BCUT2D eigenvalue weighted by atomic mass is 16.2. The van der Waals surface area contributed by atoms with E-state index in [0.29, 0.717) is 5.56 Å². The fourth-order valence-corrected chi connectivity index (χ4v) is 4.14. The van der Waals surface area contributed by atoms with E-state index < -0.39 is 0 Å². The van der Waals surface area contributed by atoms with Crippen LogP contribution in [0.3, 0.4) is 0 Å². The number of nitrogens with zero attached hydrogens (tertiary/aromatic N) is 2. The van der Waals surface area contributed by atoms with Crippen LogP contribution < -0.4 is 15.5 Å². The highest BCUT2D eigenvalue weighted by molar-refractivity contribution is 6.05. The number of benzene rings is 1. The van der Waals surface area contributed by atoms with Gasteiger partial charge in [0.1, 0.15) is 5.69 Å². The van der Waals surface area contributed by atoms with Crippen LogP contribution >= 0.6 is 0 Å². The van der Waals surface area contributed by atoms with Crippen LogP contribution in [-0.4, -0.2) is 35.9 Å². The molecule has 2 aliphatic rings. The summed E-state index contributed by atoms with van der Waals surface area (Å²) in [6.45, 7) is 2.18. The van der Waals surface area contributed by atoms with Crippen LogP contribution in [0, 0.1) is 0 Å². The minimum atomic E-state index is -0.243. The molecule has 1 aliphatic heterocycles. The fraction of sp³-hybridized carbons (Fsp3) is 0.435. The highest BCUT2D eigenvalue weighted by Crippen LogP contribution is 2.22. The molecule has 6 heteroatoms. The summed E-state index contributed by atoms with van der Waals surface area (Å²) >= 11 is 0. The lowest BCUT2D eigenvalue weighted by atomic mass is 9.95. The molecule has 0 atom stereocenters. The van der Waals surface area contributed by atoms with Crippen LogP contribution in [-0.2, 0) is 0 Å². The van der Waals surface area contributed by atoms with E-state index in [0.717, 1.165) is 44.5 Å². The number of hydrogen-bond acceptors (Lipinski definition) is 4. The summed E-state index contributed by atoms with van der Waals surface area (Å²) in [5, 5.41) is 5.95. The van der Waals surface area contributed by atoms with Crippen molar-refractivity contribution in [3.63, 3.8) is 0 Å². The van der Waals surface area contributed by atoms with Crippen molar-refractivity contribution in [2.75, 3.05) is 23.3 Å². The van der Waals surface area contributed by atoms with E-state index in [9.17, 15) is 9.59 Å². The molecule has 29 heavy (non-hydrogen) atoms. The van der Waals surface area contributed by atoms with Crippen molar-refractivity contribution in [1.29, 1.82) is 0 Å². The molecule has 2 heterocycles. The zero-order valence-electron chi connectivity index (χ0n) is 16.7. The Morgan fingerprint density at radius 1 is 0.897 bits per heavy atom. The summed E-state index contributed by atoms with van der Waals surface area (Å²) in [5.74, 6) is -0.449. The minimum absolute atomic E-state index is 0.207. The van der Waals surface area contributed by atoms with Crippen LogP contribution in [0.25, 0.3) is 0 Å². The zero-order valence-corrected chi connectivity index (χ0v) is 16.7. The molecule has 0 radical (unpaired) electrons. The second kappa shape index (κ2) is 9.07. The Bertz CT molecular complexity index is 853. The standard InChI is InChI=1S/C23H28N4O2/c28-22(25-19-8-10-20(11-9-19)27-14-4-5-15-27)17-12-13-24-21(16-17)23(29)26-18-6-2-1-3-7-18/h8-13,16,18H,1-7,14-15H2,(H,25,28)(H,26,29). The van der Waals surface area contributed by atoms with Gasteiger partial charge in [-0.1, -0.05) is 19.3 Å². The maximum atomic E-state index is 12.6. The maximum absolute atomic E-state index is 12.6. The Morgan fingerprint density at radius 2 is 1.62 bits per heavy atom. The van der Waals surface area contributed by atoms with Crippen molar-refractivity contribution < 1.29 is 9.59 Å². The number of carbonyl (C=O) groups excluding carboxylic acids is 2. The molecule has 1 aromatic heterocycles. The molecule has 0 spiro atoms. The third kappa shape index (κ3) is 4.94. The first kappa shape index (κ1) is 19.4. The second-order valence-corrected chi connectivity index (χ2v) is 7.93. The van der Waals surface area contributed by atoms with Gasteiger partial charge in [-0.15, -0.1) is 0 Å². The maximum Gasteiger partial charge on any atom is 0.270 e. The lowest BCUT2D eigenvalue weighted by Crippen LogP contribution is -2.36. The van der Waals surface area contributed by atoms with Gasteiger partial charge in [-0.3, -0.25) is 14.6 Å². The monoisotopic (exact) mass is 392 g/mol. The number of hydrogen-bond donors (Lipinski definition) is 2. The molecule has 1 aromatic carbocycles. The van der Waals surface area contributed by atoms with Gasteiger partial charge >= 0.3 is 0 Å². The zero-order chi connectivity index (χ0) is 20.1. The van der Waals surface area contributed by atoms with E-state index in [1.807, 2.05) is 24.3 Å². The lowest BCUT2D eigenvalue weighted by molar-refractivity contribution is 0.0922. The molecule has 2 fully saturated rings. The van der Waals surface area contributed by atoms with Crippen molar-refractivity contribution in [2.24, 2.45) is 0 Å². The quantitative estimate of drug-likeness (QED) is 0.807. The molecule has 4 rings (SSSR count). The summed E-state index contributed by atoms with van der Waals surface area (Å²) in [6, 6.07) is 11.3. The summed E-state index contributed by atoms with van der Waals surface area (Å²) in [4.78, 5) is 31.6. The van der Waals surface area contributed by atoms with Gasteiger partial charge in [-0.2, -0.15) is 0 Å². The van der Waals surface area contributed by atoms with Gasteiger partial charge in [0.15, 0.2) is 0 Å². The fourth-order valence-electron chi connectivity index (χ4n) is 4.14. The predicted octanol–water partition coefficient (Wildman–Crippen LogP) is 4.00. The van der Waals surface area contributed by atoms with Gasteiger partial charge in [-0.25, -0.2) is 0 Å². The van der Waals surface area contributed by atoms with Gasteiger partial charge in [-0.05, 0) is 62.1 Å². The predicted molar refractivity (Wildman–Crippen MR) is 114 cm³/mol. The number of pyridine rings is 1. The molecular weight excluding hydrogens is 364 g/mol. The van der Waals surface area contributed by atoms with Crippen molar-refractivity contribution >= 4 is 23.2 Å². The largest absolute Gasteiger partial charge is 0.372 e. The molecule has 2 amide bonds. The number of carbonyl (C=O) groups is 2. The summed E-state index contributed by atoms with van der Waals surface area (Å²) in [7, 11) is 0. The summed E-state index contributed by atoms with van der Waals surface area (Å²) in [6.07, 6.45) is 9.54. The molecule has 2 aromatic rings. The molecule has 0 unspecified atom stereocenters. The number of aromatic nitrogens is 1. The lowest BCUT2D eigenvalue weighted by Gasteiger charge is -2.22. The third-order valence-electron chi connectivity index (χ3n) is 5.79. The molecule has 152 valence electrons. The van der Waals surface area contributed by atoms with Crippen molar-refractivity contribution in [1.82, 2.24) is 10.3 Å². The molecule has 1 aliphatic carbocycles. The molecule has 6 nitrogen and oxygen atoms in total. The highest BCUT2D eigenvalue weighted by Gasteiger charge is 2.18. The van der Waals surface area contributed by atoms with E-state index in [4.69, 9.17) is 0 Å². The number of amides is 2. The number of nitrogens with one attached hydrogen (secondary N) is 2. The van der Waals surface area contributed by atoms with Gasteiger partial charge in [0.25, 0.3) is 11.8 Å². The summed E-state index contributed by atoms with van der Waals surface area (Å²) in [5.41, 5.74) is 2.64. The molecule has 0 bridgehead atoms. The first-order chi connectivity index (χ1) is 14.2. The van der Waals surface area contributed by atoms with Crippen molar-refractivity contribution in [2.45, 2.75) is 51.0 Å². The average molecular weight is 393 g/mol. The molecular formula is C23H28N4O2. The normalized spacial score (nSPS) is 17.2. The van der Waals surface area contributed by atoms with E-state index in [2.05, 4.69) is 20.5 Å². The van der Waals surface area contributed by atoms with Crippen LogP contribution in [0.15, 0.2) is 42.6 Å². The summed E-state index contributed by atoms with van der Waals surface area (Å²) < 4.78 is 0.